The molecule has 0 bridgehead atoms. The molecule has 4 aromatic rings. The van der Waals surface area contributed by atoms with Crippen molar-refractivity contribution in [1.29, 1.82) is 5.26 Å². The van der Waals surface area contributed by atoms with Crippen LogP contribution in [-0.2, 0) is 12.8 Å². The van der Waals surface area contributed by atoms with E-state index in [-0.39, 0.29) is 5.78 Å². The number of aryl methyl sites for hydroxylation is 1. The van der Waals surface area contributed by atoms with Crippen molar-refractivity contribution < 1.29 is 4.79 Å². The average Bonchev–Trinajstić information content (AvgIpc) is 3.36. The van der Waals surface area contributed by atoms with E-state index >= 15 is 0 Å². The molecule has 7 nitrogen and oxygen atoms in total. The molecule has 0 saturated carbocycles. The first-order valence-electron chi connectivity index (χ1n) is 13.3. The first-order chi connectivity index (χ1) is 18.1. The van der Waals surface area contributed by atoms with Crippen LogP contribution in [0.3, 0.4) is 0 Å². The topological polar surface area (TPSA) is 102 Å². The number of piperazine rings is 1. The normalized spacial score (nSPS) is 16.1. The summed E-state index contributed by atoms with van der Waals surface area (Å²) in [6.45, 7) is 4.78. The van der Waals surface area contributed by atoms with Crippen molar-refractivity contribution in [3.05, 3.63) is 65.0 Å². The number of fused-ring (bicyclic) bond motifs is 3. The molecule has 7 heteroatoms. The summed E-state index contributed by atoms with van der Waals surface area (Å²) >= 11 is 0. The quantitative estimate of drug-likeness (QED) is 0.374. The molecule has 0 radical (unpaired) electrons. The van der Waals surface area contributed by atoms with Crippen molar-refractivity contribution in [1.82, 2.24) is 14.9 Å². The minimum atomic E-state index is 0.130. The average molecular weight is 493 g/mol. The van der Waals surface area contributed by atoms with E-state index in [1.807, 2.05) is 6.07 Å². The number of rotatable bonds is 6. The molecule has 2 aliphatic rings. The van der Waals surface area contributed by atoms with Gasteiger partial charge in [-0.05, 0) is 80.6 Å². The number of nitrogen functional groups attached to an aromatic ring is 1. The molecule has 0 amide bonds. The maximum Gasteiger partial charge on any atom is 0.165 e. The van der Waals surface area contributed by atoms with Crippen LogP contribution >= 0.6 is 0 Å². The van der Waals surface area contributed by atoms with Gasteiger partial charge in [0, 0.05) is 77.7 Å². The predicted molar refractivity (Wildman–Crippen MR) is 148 cm³/mol. The van der Waals surface area contributed by atoms with Gasteiger partial charge in [-0.15, -0.1) is 0 Å². The molecular formula is C30H32N6O. The van der Waals surface area contributed by atoms with E-state index < -0.39 is 0 Å². The number of H-pyrrole nitrogens is 1. The van der Waals surface area contributed by atoms with Crippen molar-refractivity contribution in [2.75, 3.05) is 43.4 Å². The molecule has 0 atom stereocenters. The van der Waals surface area contributed by atoms with Crippen LogP contribution in [0.2, 0.25) is 0 Å². The second-order valence-corrected chi connectivity index (χ2v) is 10.3. The molecule has 3 N–H and O–H groups in total. The second kappa shape index (κ2) is 9.87. The van der Waals surface area contributed by atoms with Crippen LogP contribution in [0.25, 0.3) is 21.8 Å². The smallest absolute Gasteiger partial charge is 0.165 e. The fourth-order valence-corrected chi connectivity index (χ4v) is 5.90. The summed E-state index contributed by atoms with van der Waals surface area (Å²) in [5.74, 6) is 0.130. The highest BCUT2D eigenvalue weighted by atomic mass is 16.1. The molecule has 1 fully saturated rings. The number of nitriles is 1. The molecule has 0 unspecified atom stereocenters. The van der Waals surface area contributed by atoms with Crippen molar-refractivity contribution >= 4 is 39.0 Å². The first kappa shape index (κ1) is 23.5. The Morgan fingerprint density at radius 3 is 2.73 bits per heavy atom. The number of nitrogens with zero attached hydrogens (tertiary/aromatic N) is 4. The number of aromatic amines is 1. The van der Waals surface area contributed by atoms with Crippen molar-refractivity contribution in [2.45, 2.75) is 38.5 Å². The fraction of sp³-hybridized carbons (Fsp3) is 0.367. The Kier molecular flexibility index (Phi) is 6.27. The Labute approximate surface area is 216 Å². The Hall–Kier alpha value is -3.89. The molecule has 37 heavy (non-hydrogen) atoms. The van der Waals surface area contributed by atoms with E-state index in [4.69, 9.17) is 10.7 Å². The third-order valence-corrected chi connectivity index (χ3v) is 8.02. The lowest BCUT2D eigenvalue weighted by Gasteiger charge is -2.36. The Balaban J connectivity index is 1.05. The van der Waals surface area contributed by atoms with Crippen molar-refractivity contribution in [2.24, 2.45) is 0 Å². The highest BCUT2D eigenvalue weighted by Crippen LogP contribution is 2.33. The summed E-state index contributed by atoms with van der Waals surface area (Å²) in [5.41, 5.74) is 14.3. The van der Waals surface area contributed by atoms with Gasteiger partial charge in [0.05, 0.1) is 17.1 Å². The number of pyridine rings is 1. The molecule has 6 rings (SSSR count). The number of nitrogens with one attached hydrogen (secondary N) is 1. The maximum absolute atomic E-state index is 12.9. The number of hydrogen-bond acceptors (Lipinski definition) is 6. The van der Waals surface area contributed by atoms with E-state index in [0.29, 0.717) is 17.5 Å². The third-order valence-electron chi connectivity index (χ3n) is 8.02. The SMILES string of the molecule is N#Cc1ccc2[nH]cc(C(=O)CCCN3CCN(c4ccc5c(N)c6c(nc5c4)CCCC6)CC3)c2c1. The summed E-state index contributed by atoms with van der Waals surface area (Å²) in [5, 5.41) is 11.1. The van der Waals surface area contributed by atoms with Gasteiger partial charge in [-0.2, -0.15) is 5.26 Å². The van der Waals surface area contributed by atoms with Crippen molar-refractivity contribution in [3.8, 4) is 6.07 Å². The molecule has 2 aromatic heterocycles. The molecule has 3 heterocycles. The number of carbonyl (C=O) groups is 1. The molecule has 1 aliphatic heterocycles. The summed E-state index contributed by atoms with van der Waals surface area (Å²) in [6.07, 6.45) is 7.58. The zero-order valence-electron chi connectivity index (χ0n) is 21.1. The number of carbonyl (C=O) groups excluding carboxylic acids is 1. The summed E-state index contributed by atoms with van der Waals surface area (Å²) in [4.78, 5) is 25.9. The number of hydrogen-bond donors (Lipinski definition) is 2. The predicted octanol–water partition coefficient (Wildman–Crippen LogP) is 4.83. The van der Waals surface area contributed by atoms with Crippen molar-refractivity contribution in [3.63, 3.8) is 0 Å². The Morgan fingerprint density at radius 2 is 1.89 bits per heavy atom. The number of aromatic nitrogens is 2. The molecule has 1 saturated heterocycles. The largest absolute Gasteiger partial charge is 0.398 e. The summed E-state index contributed by atoms with van der Waals surface area (Å²) in [7, 11) is 0. The fourth-order valence-electron chi connectivity index (χ4n) is 5.90. The maximum atomic E-state index is 12.9. The first-order valence-corrected chi connectivity index (χ1v) is 13.3. The lowest BCUT2D eigenvalue weighted by molar-refractivity contribution is 0.0976. The van der Waals surface area contributed by atoms with E-state index in [2.05, 4.69) is 39.1 Å². The minimum Gasteiger partial charge on any atom is -0.398 e. The lowest BCUT2D eigenvalue weighted by atomic mass is 9.93. The van der Waals surface area contributed by atoms with Crippen LogP contribution in [-0.4, -0.2) is 53.4 Å². The molecule has 188 valence electrons. The van der Waals surface area contributed by atoms with Gasteiger partial charge < -0.3 is 15.6 Å². The second-order valence-electron chi connectivity index (χ2n) is 10.3. The van der Waals surface area contributed by atoms with Gasteiger partial charge in [0.15, 0.2) is 5.78 Å². The van der Waals surface area contributed by atoms with Crippen LogP contribution in [0.5, 0.6) is 0 Å². The summed E-state index contributed by atoms with van der Waals surface area (Å²) < 4.78 is 0. The molecule has 2 aromatic carbocycles. The molecule has 0 spiro atoms. The van der Waals surface area contributed by atoms with E-state index in [1.165, 1.54) is 29.8 Å². The highest BCUT2D eigenvalue weighted by molar-refractivity contribution is 6.08. The van der Waals surface area contributed by atoms with Gasteiger partial charge in [0.25, 0.3) is 0 Å². The number of ketones is 1. The van der Waals surface area contributed by atoms with Gasteiger partial charge in [-0.3, -0.25) is 14.7 Å². The van der Waals surface area contributed by atoms with Crippen LogP contribution < -0.4 is 10.6 Å². The van der Waals surface area contributed by atoms with Gasteiger partial charge in [0.2, 0.25) is 0 Å². The zero-order chi connectivity index (χ0) is 25.4. The van der Waals surface area contributed by atoms with Crippen LogP contribution in [0.4, 0.5) is 11.4 Å². The minimum absolute atomic E-state index is 0.130. The van der Waals surface area contributed by atoms with E-state index in [0.717, 1.165) is 79.5 Å². The molecule has 1 aliphatic carbocycles. The van der Waals surface area contributed by atoms with E-state index in [9.17, 15) is 10.1 Å². The number of Topliss-reactive ketones (excluding diaryl/α,β-unsaturated/α-hetero) is 1. The standard InChI is InChI=1S/C30H32N6O/c31-18-20-7-10-26-24(16-20)25(19-33-26)29(37)6-3-11-35-12-14-36(15-13-35)21-8-9-23-28(17-21)34-27-5-2-1-4-22(27)30(23)32/h7-10,16-17,19,33H,1-6,11-15H2,(H2,32,34). The van der Waals surface area contributed by atoms with Gasteiger partial charge in [-0.1, -0.05) is 0 Å². The van der Waals surface area contributed by atoms with Crippen LogP contribution in [0.15, 0.2) is 42.6 Å². The van der Waals surface area contributed by atoms with Gasteiger partial charge >= 0.3 is 0 Å². The monoisotopic (exact) mass is 492 g/mol. The van der Waals surface area contributed by atoms with Gasteiger partial charge in [0.1, 0.15) is 0 Å². The summed E-state index contributed by atoms with van der Waals surface area (Å²) in [6, 6.07) is 14.1. The highest BCUT2D eigenvalue weighted by Gasteiger charge is 2.20. The number of anilines is 2. The van der Waals surface area contributed by atoms with E-state index in [1.54, 1.807) is 18.3 Å². The van der Waals surface area contributed by atoms with Crippen LogP contribution in [0.1, 0.15) is 52.9 Å². The molecular weight excluding hydrogens is 460 g/mol. The number of benzene rings is 2. The Morgan fingerprint density at radius 1 is 1.05 bits per heavy atom. The number of nitrogens with two attached hydrogens (primary N) is 1. The van der Waals surface area contributed by atoms with Crippen LogP contribution in [0, 0.1) is 11.3 Å². The third kappa shape index (κ3) is 4.54. The van der Waals surface area contributed by atoms with Gasteiger partial charge in [-0.25, -0.2) is 0 Å². The Bertz CT molecular complexity index is 1520. The zero-order valence-corrected chi connectivity index (χ0v) is 21.1. The lowest BCUT2D eigenvalue weighted by Crippen LogP contribution is -2.46.